The van der Waals surface area contributed by atoms with Gasteiger partial charge < -0.3 is 9.47 Å². The van der Waals surface area contributed by atoms with Crippen molar-refractivity contribution in [2.45, 2.75) is 0 Å². The van der Waals surface area contributed by atoms with Gasteiger partial charge in [0.05, 0.1) is 20.5 Å². The molecular formula is C16H16O2. The van der Waals surface area contributed by atoms with Crippen LogP contribution in [-0.2, 0) is 4.74 Å². The molecule has 0 bridgehead atoms. The molecule has 0 saturated carbocycles. The summed E-state index contributed by atoms with van der Waals surface area (Å²) in [6.45, 7) is 0. The van der Waals surface area contributed by atoms with Gasteiger partial charge in [-0.15, -0.1) is 0 Å². The minimum absolute atomic E-state index is 0.859. The first-order valence-electron chi connectivity index (χ1n) is 5.78. The standard InChI is InChI=1S/C16H16O2/c1-17-11-10-13-6-3-4-9-16(13)14-7-5-8-15(12-14)18-2/h3-12H,1-2H3. The lowest BCUT2D eigenvalue weighted by Crippen LogP contribution is -1.86. The van der Waals surface area contributed by atoms with E-state index in [1.807, 2.05) is 36.4 Å². The predicted octanol–water partition coefficient (Wildman–Crippen LogP) is 3.98. The third-order valence-electron chi connectivity index (χ3n) is 2.73. The van der Waals surface area contributed by atoms with Crippen LogP contribution in [0.2, 0.25) is 0 Å². The van der Waals surface area contributed by atoms with Crippen LogP contribution in [0.25, 0.3) is 17.2 Å². The molecule has 18 heavy (non-hydrogen) atoms. The van der Waals surface area contributed by atoms with Crippen molar-refractivity contribution >= 4 is 6.08 Å². The lowest BCUT2D eigenvalue weighted by atomic mass is 9.99. The molecule has 2 rings (SSSR count). The Kier molecular flexibility index (Phi) is 4.02. The molecule has 0 fully saturated rings. The van der Waals surface area contributed by atoms with E-state index in [4.69, 9.17) is 9.47 Å². The van der Waals surface area contributed by atoms with Crippen molar-refractivity contribution in [1.29, 1.82) is 0 Å². The van der Waals surface area contributed by atoms with Gasteiger partial charge in [0, 0.05) is 0 Å². The molecule has 2 heteroatoms. The largest absolute Gasteiger partial charge is 0.504 e. The molecule has 0 spiro atoms. The summed E-state index contributed by atoms with van der Waals surface area (Å²) in [6, 6.07) is 16.2. The first-order valence-corrected chi connectivity index (χ1v) is 5.78. The first-order chi connectivity index (χ1) is 8.85. The fourth-order valence-corrected chi connectivity index (χ4v) is 1.84. The zero-order chi connectivity index (χ0) is 12.8. The highest BCUT2D eigenvalue weighted by molar-refractivity contribution is 5.75. The molecule has 0 radical (unpaired) electrons. The van der Waals surface area contributed by atoms with Crippen LogP contribution >= 0.6 is 0 Å². The summed E-state index contributed by atoms with van der Waals surface area (Å²) >= 11 is 0. The predicted molar refractivity (Wildman–Crippen MR) is 74.5 cm³/mol. The lowest BCUT2D eigenvalue weighted by molar-refractivity contribution is 0.341. The molecule has 0 aromatic heterocycles. The van der Waals surface area contributed by atoms with E-state index in [2.05, 4.69) is 18.2 Å². The SMILES string of the molecule is COC=Cc1ccccc1-c1cccc(OC)c1. The molecule has 0 aliphatic rings. The molecule has 2 nitrogen and oxygen atoms in total. The minimum Gasteiger partial charge on any atom is -0.504 e. The van der Waals surface area contributed by atoms with Gasteiger partial charge in [-0.2, -0.15) is 0 Å². The molecule has 0 amide bonds. The van der Waals surface area contributed by atoms with Gasteiger partial charge in [0.1, 0.15) is 5.75 Å². The van der Waals surface area contributed by atoms with Crippen molar-refractivity contribution in [3.8, 4) is 16.9 Å². The van der Waals surface area contributed by atoms with E-state index in [-0.39, 0.29) is 0 Å². The van der Waals surface area contributed by atoms with Gasteiger partial charge in [0.2, 0.25) is 0 Å². The molecule has 0 unspecified atom stereocenters. The van der Waals surface area contributed by atoms with Crippen LogP contribution < -0.4 is 4.74 Å². The molecule has 0 N–H and O–H groups in total. The maximum absolute atomic E-state index is 5.25. The van der Waals surface area contributed by atoms with E-state index in [9.17, 15) is 0 Å². The van der Waals surface area contributed by atoms with E-state index >= 15 is 0 Å². The van der Waals surface area contributed by atoms with Crippen molar-refractivity contribution in [1.82, 2.24) is 0 Å². The highest BCUT2D eigenvalue weighted by Gasteiger charge is 2.03. The van der Waals surface area contributed by atoms with Gasteiger partial charge >= 0.3 is 0 Å². The normalized spacial score (nSPS) is 10.6. The highest BCUT2D eigenvalue weighted by Crippen LogP contribution is 2.27. The van der Waals surface area contributed by atoms with Crippen LogP contribution in [0.15, 0.2) is 54.8 Å². The van der Waals surface area contributed by atoms with Crippen LogP contribution in [0.1, 0.15) is 5.56 Å². The molecule has 2 aromatic rings. The van der Waals surface area contributed by atoms with Crippen LogP contribution in [0, 0.1) is 0 Å². The Bertz CT molecular complexity index is 544. The van der Waals surface area contributed by atoms with Crippen molar-refractivity contribution in [2.24, 2.45) is 0 Å². The van der Waals surface area contributed by atoms with E-state index in [0.717, 1.165) is 22.4 Å². The van der Waals surface area contributed by atoms with Gasteiger partial charge in [-0.05, 0) is 34.9 Å². The topological polar surface area (TPSA) is 18.5 Å². The molecule has 0 atom stereocenters. The minimum atomic E-state index is 0.859. The summed E-state index contributed by atoms with van der Waals surface area (Å²) in [6.07, 6.45) is 3.63. The second kappa shape index (κ2) is 5.92. The summed E-state index contributed by atoms with van der Waals surface area (Å²) < 4.78 is 10.2. The Labute approximate surface area is 107 Å². The summed E-state index contributed by atoms with van der Waals surface area (Å²) in [7, 11) is 3.32. The third-order valence-corrected chi connectivity index (χ3v) is 2.73. The van der Waals surface area contributed by atoms with Gasteiger partial charge in [0.15, 0.2) is 0 Å². The Morgan fingerprint density at radius 2 is 1.78 bits per heavy atom. The Morgan fingerprint density at radius 3 is 2.56 bits per heavy atom. The van der Waals surface area contributed by atoms with E-state index in [1.54, 1.807) is 20.5 Å². The summed E-state index contributed by atoms with van der Waals surface area (Å²) in [5, 5.41) is 0. The fraction of sp³-hybridized carbons (Fsp3) is 0.125. The second-order valence-electron chi connectivity index (χ2n) is 3.86. The molecule has 2 aromatic carbocycles. The quantitative estimate of drug-likeness (QED) is 0.752. The Morgan fingerprint density at radius 1 is 0.944 bits per heavy atom. The third kappa shape index (κ3) is 2.72. The van der Waals surface area contributed by atoms with Crippen LogP contribution in [-0.4, -0.2) is 14.2 Å². The summed E-state index contributed by atoms with van der Waals surface area (Å²) in [5.41, 5.74) is 3.41. The number of rotatable bonds is 4. The molecule has 0 aliphatic heterocycles. The maximum Gasteiger partial charge on any atom is 0.119 e. The molecular weight excluding hydrogens is 224 g/mol. The van der Waals surface area contributed by atoms with Gasteiger partial charge in [-0.25, -0.2) is 0 Å². The van der Waals surface area contributed by atoms with E-state index in [0.29, 0.717) is 0 Å². The number of hydrogen-bond acceptors (Lipinski definition) is 2. The average Bonchev–Trinajstić information content (AvgIpc) is 2.45. The van der Waals surface area contributed by atoms with Gasteiger partial charge in [-0.3, -0.25) is 0 Å². The van der Waals surface area contributed by atoms with Crippen molar-refractivity contribution in [2.75, 3.05) is 14.2 Å². The van der Waals surface area contributed by atoms with Crippen molar-refractivity contribution in [3.05, 3.63) is 60.4 Å². The summed E-state index contributed by atoms with van der Waals surface area (Å²) in [5.74, 6) is 0.859. The lowest BCUT2D eigenvalue weighted by Gasteiger charge is -2.08. The summed E-state index contributed by atoms with van der Waals surface area (Å²) in [4.78, 5) is 0. The van der Waals surface area contributed by atoms with E-state index < -0.39 is 0 Å². The molecule has 0 aliphatic carbocycles. The Hall–Kier alpha value is -2.22. The molecule has 0 saturated heterocycles. The van der Waals surface area contributed by atoms with Crippen molar-refractivity contribution in [3.63, 3.8) is 0 Å². The number of ether oxygens (including phenoxy) is 2. The van der Waals surface area contributed by atoms with Crippen LogP contribution in [0.4, 0.5) is 0 Å². The Balaban J connectivity index is 2.46. The number of hydrogen-bond donors (Lipinski definition) is 0. The van der Waals surface area contributed by atoms with Crippen LogP contribution in [0.3, 0.4) is 0 Å². The highest BCUT2D eigenvalue weighted by atomic mass is 16.5. The smallest absolute Gasteiger partial charge is 0.119 e. The maximum atomic E-state index is 5.25. The molecule has 0 heterocycles. The van der Waals surface area contributed by atoms with Crippen LogP contribution in [0.5, 0.6) is 5.75 Å². The number of benzene rings is 2. The second-order valence-corrected chi connectivity index (χ2v) is 3.86. The van der Waals surface area contributed by atoms with E-state index in [1.165, 1.54) is 0 Å². The first kappa shape index (κ1) is 12.2. The zero-order valence-corrected chi connectivity index (χ0v) is 10.6. The van der Waals surface area contributed by atoms with Gasteiger partial charge in [0.25, 0.3) is 0 Å². The van der Waals surface area contributed by atoms with Crippen molar-refractivity contribution < 1.29 is 9.47 Å². The monoisotopic (exact) mass is 240 g/mol. The zero-order valence-electron chi connectivity index (χ0n) is 10.6. The number of methoxy groups -OCH3 is 2. The fourth-order valence-electron chi connectivity index (χ4n) is 1.84. The van der Waals surface area contributed by atoms with Gasteiger partial charge in [-0.1, -0.05) is 36.4 Å². The average molecular weight is 240 g/mol. The molecule has 92 valence electrons.